The van der Waals surface area contributed by atoms with Gasteiger partial charge in [0.2, 0.25) is 5.91 Å². The van der Waals surface area contributed by atoms with Gasteiger partial charge in [-0.05, 0) is 43.7 Å². The first kappa shape index (κ1) is 22.2. The minimum absolute atomic E-state index is 0.0678. The summed E-state index contributed by atoms with van der Waals surface area (Å²) in [6.07, 6.45) is 0.900. The number of thiazole rings is 1. The van der Waals surface area contributed by atoms with Crippen molar-refractivity contribution in [2.75, 3.05) is 25.0 Å². The maximum Gasteiger partial charge on any atom is 0.251 e. The summed E-state index contributed by atoms with van der Waals surface area (Å²) in [5, 5.41) is 6.37. The van der Waals surface area contributed by atoms with Crippen molar-refractivity contribution in [3.8, 4) is 5.75 Å². The molecule has 3 rings (SSSR count). The number of amides is 2. The minimum atomic E-state index is -0.655. The van der Waals surface area contributed by atoms with Crippen LogP contribution in [0.1, 0.15) is 48.6 Å². The van der Waals surface area contributed by atoms with Crippen molar-refractivity contribution >= 4 is 28.3 Å². The third-order valence-corrected chi connectivity index (χ3v) is 6.15. The first-order valence-corrected chi connectivity index (χ1v) is 11.3. The Kier molecular flexibility index (Phi) is 7.44. The lowest BCUT2D eigenvalue weighted by Crippen LogP contribution is -2.47. The first-order valence-electron chi connectivity index (χ1n) is 10.5. The van der Waals surface area contributed by atoms with Gasteiger partial charge in [0, 0.05) is 30.0 Å². The van der Waals surface area contributed by atoms with E-state index < -0.39 is 6.04 Å². The third kappa shape index (κ3) is 5.37. The number of benzene rings is 1. The summed E-state index contributed by atoms with van der Waals surface area (Å²) >= 11 is 1.52. The second-order valence-electron chi connectivity index (χ2n) is 7.65. The molecule has 2 amide bonds. The number of fused-ring (bicyclic) bond motifs is 1. The van der Waals surface area contributed by atoms with Crippen LogP contribution in [0.3, 0.4) is 0 Å². The number of rotatable bonds is 8. The molecule has 30 heavy (non-hydrogen) atoms. The smallest absolute Gasteiger partial charge is 0.251 e. The summed E-state index contributed by atoms with van der Waals surface area (Å²) in [5.74, 6) is 0.107. The van der Waals surface area contributed by atoms with E-state index in [1.807, 2.05) is 20.8 Å². The molecule has 1 atom stereocenters. The number of carbonyl (C=O) groups excluding carboxylic acids is 2. The van der Waals surface area contributed by atoms with Crippen LogP contribution in [0, 0.1) is 5.92 Å². The van der Waals surface area contributed by atoms with Gasteiger partial charge >= 0.3 is 0 Å². The molecule has 1 aliphatic heterocycles. The van der Waals surface area contributed by atoms with Gasteiger partial charge in [0.1, 0.15) is 11.8 Å². The van der Waals surface area contributed by atoms with E-state index in [9.17, 15) is 9.59 Å². The Morgan fingerprint density at radius 3 is 2.60 bits per heavy atom. The van der Waals surface area contributed by atoms with E-state index in [4.69, 9.17) is 4.74 Å². The molecule has 0 spiro atoms. The van der Waals surface area contributed by atoms with Crippen LogP contribution in [0.15, 0.2) is 24.3 Å². The Balaban J connectivity index is 1.65. The van der Waals surface area contributed by atoms with Gasteiger partial charge in [-0.3, -0.25) is 14.5 Å². The predicted molar refractivity (Wildman–Crippen MR) is 119 cm³/mol. The molecular weight excluding hydrogens is 400 g/mol. The van der Waals surface area contributed by atoms with Crippen LogP contribution in [0.5, 0.6) is 5.75 Å². The maximum absolute atomic E-state index is 12.9. The van der Waals surface area contributed by atoms with E-state index in [-0.39, 0.29) is 17.7 Å². The summed E-state index contributed by atoms with van der Waals surface area (Å²) in [7, 11) is 0. The van der Waals surface area contributed by atoms with E-state index in [2.05, 4.69) is 27.4 Å². The highest BCUT2D eigenvalue weighted by atomic mass is 32.1. The number of hydrogen-bond acceptors (Lipinski definition) is 6. The molecule has 0 radical (unpaired) electrons. The number of aromatic nitrogens is 1. The SMILES string of the molecule is CCOc1ccc(C(=O)NC(C(=O)Nc2nc3c(s2)CN(CC)CC3)C(C)C)cc1. The number of carbonyl (C=O) groups is 2. The Morgan fingerprint density at radius 1 is 1.23 bits per heavy atom. The molecule has 1 aromatic heterocycles. The Labute approximate surface area is 181 Å². The molecule has 2 heterocycles. The van der Waals surface area contributed by atoms with Gasteiger partial charge in [0.25, 0.3) is 5.91 Å². The first-order chi connectivity index (χ1) is 14.4. The Hall–Kier alpha value is -2.45. The standard InChI is InChI=1S/C22H30N4O3S/c1-5-26-12-11-17-18(13-26)30-22(23-17)25-21(28)19(14(3)4)24-20(27)15-7-9-16(10-8-15)29-6-2/h7-10,14,19H,5-6,11-13H2,1-4H3,(H,24,27)(H,23,25,28). The Bertz CT molecular complexity index is 879. The molecule has 2 N–H and O–H groups in total. The van der Waals surface area contributed by atoms with E-state index >= 15 is 0 Å². The summed E-state index contributed by atoms with van der Waals surface area (Å²) < 4.78 is 5.41. The Morgan fingerprint density at radius 2 is 1.97 bits per heavy atom. The monoisotopic (exact) mass is 430 g/mol. The normalized spacial score (nSPS) is 14.8. The number of hydrogen-bond donors (Lipinski definition) is 2. The summed E-state index contributed by atoms with van der Waals surface area (Å²) in [5.41, 5.74) is 1.56. The summed E-state index contributed by atoms with van der Waals surface area (Å²) in [6, 6.07) is 6.25. The average molecular weight is 431 g/mol. The summed E-state index contributed by atoms with van der Waals surface area (Å²) in [4.78, 5) is 33.7. The zero-order chi connectivity index (χ0) is 21.7. The zero-order valence-electron chi connectivity index (χ0n) is 18.0. The molecular formula is C22H30N4O3S. The van der Waals surface area contributed by atoms with E-state index in [1.165, 1.54) is 16.2 Å². The van der Waals surface area contributed by atoms with Crippen LogP contribution in [0.4, 0.5) is 5.13 Å². The van der Waals surface area contributed by atoms with Crippen LogP contribution in [0.2, 0.25) is 0 Å². The van der Waals surface area contributed by atoms with Gasteiger partial charge in [-0.15, -0.1) is 11.3 Å². The lowest BCUT2D eigenvalue weighted by atomic mass is 10.0. The summed E-state index contributed by atoms with van der Waals surface area (Å²) in [6.45, 7) is 11.3. The van der Waals surface area contributed by atoms with Crippen molar-refractivity contribution in [2.24, 2.45) is 5.92 Å². The molecule has 0 saturated carbocycles. The van der Waals surface area contributed by atoms with Crippen LogP contribution in [-0.4, -0.2) is 47.4 Å². The molecule has 7 nitrogen and oxygen atoms in total. The van der Waals surface area contributed by atoms with Crippen molar-refractivity contribution < 1.29 is 14.3 Å². The highest BCUT2D eigenvalue weighted by molar-refractivity contribution is 7.15. The van der Waals surface area contributed by atoms with Gasteiger partial charge in [0.05, 0.1) is 12.3 Å². The highest BCUT2D eigenvalue weighted by Crippen LogP contribution is 2.28. The van der Waals surface area contributed by atoms with Gasteiger partial charge in [0.15, 0.2) is 5.13 Å². The highest BCUT2D eigenvalue weighted by Gasteiger charge is 2.27. The number of ether oxygens (including phenoxy) is 1. The van der Waals surface area contributed by atoms with Crippen LogP contribution in [-0.2, 0) is 17.8 Å². The van der Waals surface area contributed by atoms with Crippen molar-refractivity contribution in [1.82, 2.24) is 15.2 Å². The fourth-order valence-corrected chi connectivity index (χ4v) is 4.44. The minimum Gasteiger partial charge on any atom is -0.494 e. The third-order valence-electron chi connectivity index (χ3n) is 5.15. The zero-order valence-corrected chi connectivity index (χ0v) is 18.8. The number of anilines is 1. The number of nitrogens with zero attached hydrogens (tertiary/aromatic N) is 2. The molecule has 162 valence electrons. The molecule has 0 saturated heterocycles. The molecule has 2 aromatic rings. The molecule has 0 aliphatic carbocycles. The number of nitrogens with one attached hydrogen (secondary N) is 2. The second-order valence-corrected chi connectivity index (χ2v) is 8.73. The topological polar surface area (TPSA) is 83.6 Å². The second kappa shape index (κ2) is 10.0. The average Bonchev–Trinajstić information content (AvgIpc) is 3.13. The predicted octanol–water partition coefficient (Wildman–Crippen LogP) is 3.31. The van der Waals surface area contributed by atoms with E-state index in [0.717, 1.165) is 31.7 Å². The van der Waals surface area contributed by atoms with Gasteiger partial charge in [-0.1, -0.05) is 20.8 Å². The van der Waals surface area contributed by atoms with Crippen molar-refractivity contribution in [1.29, 1.82) is 0 Å². The fourth-order valence-electron chi connectivity index (χ4n) is 3.38. The largest absolute Gasteiger partial charge is 0.494 e. The van der Waals surface area contributed by atoms with Gasteiger partial charge < -0.3 is 15.4 Å². The quantitative estimate of drug-likeness (QED) is 0.671. The lowest BCUT2D eigenvalue weighted by Gasteiger charge is -2.23. The molecule has 1 aromatic carbocycles. The molecule has 0 bridgehead atoms. The lowest BCUT2D eigenvalue weighted by molar-refractivity contribution is -0.118. The van der Waals surface area contributed by atoms with Gasteiger partial charge in [-0.25, -0.2) is 4.98 Å². The number of likely N-dealkylation sites (N-methyl/N-ethyl adjacent to an activating group) is 1. The van der Waals surface area contributed by atoms with E-state index in [1.54, 1.807) is 24.3 Å². The van der Waals surface area contributed by atoms with E-state index in [0.29, 0.717) is 23.1 Å². The van der Waals surface area contributed by atoms with Crippen molar-refractivity contribution in [3.63, 3.8) is 0 Å². The van der Waals surface area contributed by atoms with Crippen LogP contribution < -0.4 is 15.4 Å². The van der Waals surface area contributed by atoms with Crippen LogP contribution in [0.25, 0.3) is 0 Å². The fraction of sp³-hybridized carbons (Fsp3) is 0.500. The molecule has 1 aliphatic rings. The van der Waals surface area contributed by atoms with Crippen LogP contribution >= 0.6 is 11.3 Å². The van der Waals surface area contributed by atoms with Crippen molar-refractivity contribution in [2.45, 2.75) is 46.7 Å². The molecule has 0 fully saturated rings. The maximum atomic E-state index is 12.9. The van der Waals surface area contributed by atoms with Crippen molar-refractivity contribution in [3.05, 3.63) is 40.4 Å². The molecule has 8 heteroatoms. The molecule has 1 unspecified atom stereocenters. The van der Waals surface area contributed by atoms with Gasteiger partial charge in [-0.2, -0.15) is 0 Å².